The minimum absolute atomic E-state index is 0.0808. The first-order valence-electron chi connectivity index (χ1n) is 12.5. The van der Waals surface area contributed by atoms with Crippen molar-refractivity contribution in [3.05, 3.63) is 101 Å². The molecule has 0 spiro atoms. The summed E-state index contributed by atoms with van der Waals surface area (Å²) in [5.74, 6) is 5.45. The number of alkyl halides is 3. The molecule has 2 aromatic carbocycles. The molecule has 0 aliphatic carbocycles. The maximum Gasteiger partial charge on any atom is 0.416 e. The fraction of sp³-hybridized carbons (Fsp3) is 0.233. The number of hydrogen-bond acceptors (Lipinski definition) is 5. The molecule has 198 valence electrons. The van der Waals surface area contributed by atoms with Crippen molar-refractivity contribution in [1.82, 2.24) is 19.8 Å². The van der Waals surface area contributed by atoms with Gasteiger partial charge in [-0.25, -0.2) is 0 Å². The smallest absolute Gasteiger partial charge is 0.321 e. The number of piperazine rings is 1. The molecular weight excluding hydrogens is 503 g/mol. The Morgan fingerprint density at radius 1 is 0.949 bits per heavy atom. The number of halogens is 3. The third kappa shape index (κ3) is 6.42. The lowest BCUT2D eigenvalue weighted by Crippen LogP contribution is -2.44. The Balaban J connectivity index is 1.33. The van der Waals surface area contributed by atoms with Gasteiger partial charge in [0.05, 0.1) is 23.0 Å². The summed E-state index contributed by atoms with van der Waals surface area (Å²) in [7, 11) is 1.99. The Labute approximate surface area is 224 Å². The number of anilines is 1. The van der Waals surface area contributed by atoms with Crippen molar-refractivity contribution in [3.8, 4) is 11.8 Å². The number of nitrogens with zero attached hydrogens (tertiary/aromatic N) is 4. The predicted molar refractivity (Wildman–Crippen MR) is 144 cm³/mol. The number of carbonyl (C=O) groups is 1. The second-order valence-corrected chi connectivity index (χ2v) is 9.52. The van der Waals surface area contributed by atoms with Gasteiger partial charge < -0.3 is 10.2 Å². The highest BCUT2D eigenvalue weighted by Crippen LogP contribution is 2.33. The van der Waals surface area contributed by atoms with Crippen molar-refractivity contribution in [3.63, 3.8) is 0 Å². The number of aromatic nitrogens is 2. The van der Waals surface area contributed by atoms with Gasteiger partial charge in [0, 0.05) is 73.2 Å². The Morgan fingerprint density at radius 3 is 2.51 bits per heavy atom. The summed E-state index contributed by atoms with van der Waals surface area (Å²) in [4.78, 5) is 25.4. The number of fused-ring (bicyclic) bond motifs is 1. The lowest BCUT2D eigenvalue weighted by molar-refractivity contribution is -0.138. The van der Waals surface area contributed by atoms with Crippen molar-refractivity contribution >= 4 is 22.4 Å². The summed E-state index contributed by atoms with van der Waals surface area (Å²) in [5, 5.41) is 4.58. The summed E-state index contributed by atoms with van der Waals surface area (Å²) in [6.45, 7) is 3.18. The van der Waals surface area contributed by atoms with Gasteiger partial charge in [0.2, 0.25) is 0 Å². The zero-order chi connectivity index (χ0) is 27.4. The van der Waals surface area contributed by atoms with Crippen LogP contribution in [0, 0.1) is 11.8 Å². The van der Waals surface area contributed by atoms with E-state index in [9.17, 15) is 18.0 Å². The van der Waals surface area contributed by atoms with Crippen LogP contribution in [0.5, 0.6) is 0 Å². The minimum atomic E-state index is -4.58. The van der Waals surface area contributed by atoms with Gasteiger partial charge in [-0.05, 0) is 30.8 Å². The molecule has 2 aromatic heterocycles. The molecule has 9 heteroatoms. The molecule has 1 N–H and O–H groups in total. The van der Waals surface area contributed by atoms with Crippen LogP contribution in [0.3, 0.4) is 0 Å². The highest BCUT2D eigenvalue weighted by atomic mass is 19.4. The van der Waals surface area contributed by atoms with Crippen LogP contribution >= 0.6 is 0 Å². The molecule has 5 rings (SSSR count). The first-order valence-corrected chi connectivity index (χ1v) is 12.5. The van der Waals surface area contributed by atoms with Gasteiger partial charge in [-0.15, -0.1) is 0 Å². The maximum absolute atomic E-state index is 13.9. The van der Waals surface area contributed by atoms with Gasteiger partial charge in [0.25, 0.3) is 5.91 Å². The van der Waals surface area contributed by atoms with Crippen LogP contribution in [0.25, 0.3) is 10.8 Å². The number of pyridine rings is 2. The second kappa shape index (κ2) is 11.2. The van der Waals surface area contributed by atoms with Crippen LogP contribution < -0.4 is 5.32 Å². The average Bonchev–Trinajstić information content (AvgIpc) is 2.93. The molecule has 1 amide bonds. The summed E-state index contributed by atoms with van der Waals surface area (Å²) in [5.41, 5.74) is 0.903. The van der Waals surface area contributed by atoms with Crippen LogP contribution in [-0.2, 0) is 12.7 Å². The average molecular weight is 530 g/mol. The fourth-order valence-corrected chi connectivity index (χ4v) is 4.50. The first kappa shape index (κ1) is 26.4. The van der Waals surface area contributed by atoms with E-state index >= 15 is 0 Å². The maximum atomic E-state index is 13.9. The molecule has 39 heavy (non-hydrogen) atoms. The second-order valence-electron chi connectivity index (χ2n) is 9.52. The van der Waals surface area contributed by atoms with Gasteiger partial charge in [-0.1, -0.05) is 42.2 Å². The van der Waals surface area contributed by atoms with Crippen LogP contribution in [0.15, 0.2) is 73.3 Å². The van der Waals surface area contributed by atoms with E-state index in [0.717, 1.165) is 35.5 Å². The highest BCUT2D eigenvalue weighted by Gasteiger charge is 2.34. The van der Waals surface area contributed by atoms with E-state index in [2.05, 4.69) is 32.0 Å². The molecule has 1 fully saturated rings. The summed E-state index contributed by atoms with van der Waals surface area (Å²) in [6.07, 6.45) is 1.85. The van der Waals surface area contributed by atoms with Crippen LogP contribution in [0.4, 0.5) is 18.9 Å². The van der Waals surface area contributed by atoms with E-state index < -0.39 is 17.6 Å². The molecule has 0 unspecified atom stereocenters. The minimum Gasteiger partial charge on any atom is -0.321 e. The lowest BCUT2D eigenvalue weighted by Gasteiger charge is -2.33. The third-order valence-corrected chi connectivity index (χ3v) is 6.67. The number of hydrogen-bond donors (Lipinski definition) is 1. The molecule has 6 nitrogen and oxygen atoms in total. The van der Waals surface area contributed by atoms with Crippen LogP contribution in [-0.4, -0.2) is 58.9 Å². The summed E-state index contributed by atoms with van der Waals surface area (Å²) in [6, 6.07) is 13.1. The van der Waals surface area contributed by atoms with Crippen molar-refractivity contribution in [2.24, 2.45) is 0 Å². The van der Waals surface area contributed by atoms with Crippen molar-refractivity contribution in [2.75, 3.05) is 38.5 Å². The normalized spacial score (nSPS) is 14.6. The van der Waals surface area contributed by atoms with E-state index in [0.29, 0.717) is 24.3 Å². The van der Waals surface area contributed by atoms with E-state index in [1.54, 1.807) is 24.7 Å². The quantitative estimate of drug-likeness (QED) is 0.375. The molecule has 3 heterocycles. The number of benzene rings is 2. The number of likely N-dealkylation sites (N-methyl/N-ethyl adjacent to an activating group) is 1. The van der Waals surface area contributed by atoms with Crippen LogP contribution in [0.2, 0.25) is 0 Å². The van der Waals surface area contributed by atoms with Gasteiger partial charge in [-0.3, -0.25) is 19.7 Å². The first-order chi connectivity index (χ1) is 18.8. The number of carbonyl (C=O) groups excluding carboxylic acids is 1. The van der Waals surface area contributed by atoms with E-state index in [1.165, 1.54) is 18.3 Å². The summed E-state index contributed by atoms with van der Waals surface area (Å²) < 4.78 is 41.8. The molecule has 0 saturated carbocycles. The van der Waals surface area contributed by atoms with E-state index in [-0.39, 0.29) is 17.7 Å². The molecule has 4 aromatic rings. The lowest BCUT2D eigenvalue weighted by atomic mass is 10.0. The SMILES string of the molecule is CN1CCN(Cc2ccc(C(=O)Nc3cncc(C#Cc4cncc5ccccc45)c3)cc2C(F)(F)F)CC1. The molecule has 0 bridgehead atoms. The molecular formula is C30H26F3N5O. The Hall–Kier alpha value is -4.26. The molecule has 0 radical (unpaired) electrons. The summed E-state index contributed by atoms with van der Waals surface area (Å²) >= 11 is 0. The zero-order valence-electron chi connectivity index (χ0n) is 21.3. The third-order valence-electron chi connectivity index (χ3n) is 6.67. The Morgan fingerprint density at radius 2 is 1.72 bits per heavy atom. The largest absolute Gasteiger partial charge is 0.416 e. The topological polar surface area (TPSA) is 61.4 Å². The molecule has 0 atom stereocenters. The molecule has 1 aliphatic heterocycles. The van der Waals surface area contributed by atoms with E-state index in [4.69, 9.17) is 0 Å². The van der Waals surface area contributed by atoms with Gasteiger partial charge in [0.1, 0.15) is 0 Å². The van der Waals surface area contributed by atoms with Gasteiger partial charge >= 0.3 is 6.18 Å². The zero-order valence-corrected chi connectivity index (χ0v) is 21.3. The van der Waals surface area contributed by atoms with E-state index in [1.807, 2.05) is 36.2 Å². The molecule has 1 saturated heterocycles. The number of nitrogens with one attached hydrogen (secondary N) is 1. The van der Waals surface area contributed by atoms with Crippen molar-refractivity contribution in [2.45, 2.75) is 12.7 Å². The molecule has 1 aliphatic rings. The van der Waals surface area contributed by atoms with Gasteiger partial charge in [-0.2, -0.15) is 13.2 Å². The monoisotopic (exact) mass is 529 g/mol. The number of rotatable bonds is 4. The predicted octanol–water partition coefficient (Wildman–Crippen LogP) is 5.05. The Bertz CT molecular complexity index is 1560. The van der Waals surface area contributed by atoms with Crippen molar-refractivity contribution in [1.29, 1.82) is 0 Å². The van der Waals surface area contributed by atoms with Crippen molar-refractivity contribution < 1.29 is 18.0 Å². The Kier molecular flexibility index (Phi) is 7.59. The highest BCUT2D eigenvalue weighted by molar-refractivity contribution is 6.04. The number of amides is 1. The fourth-order valence-electron chi connectivity index (χ4n) is 4.50. The van der Waals surface area contributed by atoms with Gasteiger partial charge in [0.15, 0.2) is 0 Å². The van der Waals surface area contributed by atoms with Crippen LogP contribution in [0.1, 0.15) is 32.6 Å². The standard InChI is InChI=1S/C30H26F3N5O/c1-37-10-12-38(13-11-37)20-25-9-8-22(15-28(25)30(31,32)33)29(39)36-26-14-21(16-34-19-26)6-7-24-18-35-17-23-4-2-3-5-27(23)24/h2-5,8-9,14-19H,10-13,20H2,1H3,(H,36,39).